The first-order valence-corrected chi connectivity index (χ1v) is 8.91. The Bertz CT molecular complexity index is 759. The second kappa shape index (κ2) is 7.01. The molecule has 124 valence electrons. The third-order valence-corrected chi connectivity index (χ3v) is 5.61. The van der Waals surface area contributed by atoms with Crippen LogP contribution in [0.1, 0.15) is 19.3 Å². The molecule has 1 fully saturated rings. The van der Waals surface area contributed by atoms with E-state index in [4.69, 9.17) is 5.73 Å². The van der Waals surface area contributed by atoms with Crippen LogP contribution in [0.2, 0.25) is 0 Å². The second-order valence-corrected chi connectivity index (χ2v) is 7.70. The Morgan fingerprint density at radius 1 is 1.00 bits per heavy atom. The molecule has 23 heavy (non-hydrogen) atoms. The van der Waals surface area contributed by atoms with Crippen LogP contribution in [0.5, 0.6) is 0 Å². The van der Waals surface area contributed by atoms with Crippen molar-refractivity contribution < 1.29 is 8.42 Å². The molecule has 2 aromatic carbocycles. The van der Waals surface area contributed by atoms with Gasteiger partial charge in [-0.3, -0.25) is 0 Å². The highest BCUT2D eigenvalue weighted by atomic mass is 35.5. The van der Waals surface area contributed by atoms with Gasteiger partial charge in [-0.2, -0.15) is 0 Å². The summed E-state index contributed by atoms with van der Waals surface area (Å²) in [5.41, 5.74) is 7.59. The fourth-order valence-electron chi connectivity index (χ4n) is 2.60. The topological polar surface area (TPSA) is 72.2 Å². The normalized spacial score (nSPS) is 16.2. The van der Waals surface area contributed by atoms with E-state index in [0.29, 0.717) is 6.54 Å². The van der Waals surface area contributed by atoms with E-state index >= 15 is 0 Å². The number of halogens is 1. The maximum absolute atomic E-state index is 12.4. The highest BCUT2D eigenvalue weighted by Crippen LogP contribution is 2.29. The van der Waals surface area contributed by atoms with Crippen LogP contribution in [-0.4, -0.2) is 20.5 Å². The summed E-state index contributed by atoms with van der Waals surface area (Å²) in [5, 5.41) is 0. The van der Waals surface area contributed by atoms with Crippen molar-refractivity contribution in [2.75, 3.05) is 6.54 Å². The first kappa shape index (κ1) is 17.9. The van der Waals surface area contributed by atoms with Crippen molar-refractivity contribution in [2.45, 2.75) is 29.7 Å². The lowest BCUT2D eigenvalue weighted by molar-refractivity contribution is 0.251. The van der Waals surface area contributed by atoms with E-state index in [-0.39, 0.29) is 22.8 Å². The molecule has 0 amide bonds. The van der Waals surface area contributed by atoms with E-state index in [9.17, 15) is 8.42 Å². The molecule has 0 bridgehead atoms. The largest absolute Gasteiger partial charge is 0.324 e. The summed E-state index contributed by atoms with van der Waals surface area (Å²) in [6.07, 6.45) is 2.82. The minimum absolute atomic E-state index is 0. The smallest absolute Gasteiger partial charge is 0.240 e. The molecular weight excluding hydrogens is 332 g/mol. The van der Waals surface area contributed by atoms with E-state index in [1.54, 1.807) is 18.2 Å². The first-order valence-electron chi connectivity index (χ1n) is 7.43. The van der Waals surface area contributed by atoms with Gasteiger partial charge in [0.2, 0.25) is 10.0 Å². The monoisotopic (exact) mass is 352 g/mol. The number of benzene rings is 2. The lowest BCUT2D eigenvalue weighted by atomic mass is 9.78. The maximum atomic E-state index is 12.4. The number of nitrogens with one attached hydrogen (secondary N) is 1. The van der Waals surface area contributed by atoms with Crippen molar-refractivity contribution in [3.05, 3.63) is 54.6 Å². The standard InChI is InChI=1S/C17H20N2O2S.ClH/c18-17(10-5-11-17)13-19-22(20,21)16-9-4-8-15(12-16)14-6-2-1-3-7-14;/h1-4,6-9,12,19H,5,10-11,13,18H2;1H. The third-order valence-electron chi connectivity index (χ3n) is 4.22. The van der Waals surface area contributed by atoms with Crippen LogP contribution < -0.4 is 10.5 Å². The Morgan fingerprint density at radius 2 is 1.65 bits per heavy atom. The molecule has 0 radical (unpaired) electrons. The number of sulfonamides is 1. The van der Waals surface area contributed by atoms with Gasteiger partial charge in [-0.15, -0.1) is 12.4 Å². The molecule has 0 aliphatic heterocycles. The zero-order valence-electron chi connectivity index (χ0n) is 12.7. The van der Waals surface area contributed by atoms with Crippen molar-refractivity contribution in [1.82, 2.24) is 4.72 Å². The Balaban J connectivity index is 0.00000192. The molecule has 4 nitrogen and oxygen atoms in total. The fourth-order valence-corrected chi connectivity index (χ4v) is 3.79. The highest BCUT2D eigenvalue weighted by Gasteiger charge is 2.33. The van der Waals surface area contributed by atoms with Gasteiger partial charge in [0.15, 0.2) is 0 Å². The van der Waals surface area contributed by atoms with Gasteiger partial charge in [-0.05, 0) is 42.5 Å². The highest BCUT2D eigenvalue weighted by molar-refractivity contribution is 7.89. The third kappa shape index (κ3) is 4.12. The number of rotatable bonds is 5. The minimum atomic E-state index is -3.53. The number of hydrogen-bond acceptors (Lipinski definition) is 3. The van der Waals surface area contributed by atoms with Crippen molar-refractivity contribution in [1.29, 1.82) is 0 Å². The first-order chi connectivity index (χ1) is 10.5. The lowest BCUT2D eigenvalue weighted by Gasteiger charge is -2.38. The van der Waals surface area contributed by atoms with E-state index in [1.165, 1.54) is 0 Å². The van der Waals surface area contributed by atoms with Crippen LogP contribution in [0.3, 0.4) is 0 Å². The van der Waals surface area contributed by atoms with Crippen LogP contribution in [-0.2, 0) is 10.0 Å². The molecule has 6 heteroatoms. The van der Waals surface area contributed by atoms with Crippen molar-refractivity contribution >= 4 is 22.4 Å². The maximum Gasteiger partial charge on any atom is 0.240 e. The molecule has 0 heterocycles. The predicted octanol–water partition coefficient (Wildman–Crippen LogP) is 2.94. The van der Waals surface area contributed by atoms with E-state index < -0.39 is 10.0 Å². The van der Waals surface area contributed by atoms with Crippen LogP contribution in [0.4, 0.5) is 0 Å². The summed E-state index contributed by atoms with van der Waals surface area (Å²) in [6, 6.07) is 16.7. The molecule has 0 saturated heterocycles. The zero-order valence-corrected chi connectivity index (χ0v) is 14.4. The summed E-state index contributed by atoms with van der Waals surface area (Å²) in [6.45, 7) is 0.297. The van der Waals surface area contributed by atoms with E-state index in [0.717, 1.165) is 30.4 Å². The van der Waals surface area contributed by atoms with Gasteiger partial charge >= 0.3 is 0 Å². The molecule has 1 saturated carbocycles. The Hall–Kier alpha value is -1.40. The molecule has 0 aromatic heterocycles. The fraction of sp³-hybridized carbons (Fsp3) is 0.294. The molecule has 0 atom stereocenters. The van der Waals surface area contributed by atoms with Gasteiger partial charge in [0.25, 0.3) is 0 Å². The van der Waals surface area contributed by atoms with Gasteiger partial charge in [-0.1, -0.05) is 42.5 Å². The van der Waals surface area contributed by atoms with Crippen LogP contribution in [0.25, 0.3) is 11.1 Å². The summed E-state index contributed by atoms with van der Waals surface area (Å²) in [4.78, 5) is 0.275. The zero-order chi connectivity index (χ0) is 15.6. The Labute approximate surface area is 143 Å². The summed E-state index contributed by atoms with van der Waals surface area (Å²) < 4.78 is 27.5. The summed E-state index contributed by atoms with van der Waals surface area (Å²) in [7, 11) is -3.53. The minimum Gasteiger partial charge on any atom is -0.324 e. The molecule has 1 aliphatic carbocycles. The van der Waals surface area contributed by atoms with Gasteiger partial charge in [-0.25, -0.2) is 13.1 Å². The average molecular weight is 353 g/mol. The number of hydrogen-bond donors (Lipinski definition) is 2. The molecule has 0 unspecified atom stereocenters. The van der Waals surface area contributed by atoms with Gasteiger partial charge < -0.3 is 5.73 Å². The van der Waals surface area contributed by atoms with Gasteiger partial charge in [0, 0.05) is 12.1 Å². The van der Waals surface area contributed by atoms with Crippen molar-refractivity contribution in [3.8, 4) is 11.1 Å². The molecule has 3 N–H and O–H groups in total. The number of nitrogens with two attached hydrogens (primary N) is 1. The summed E-state index contributed by atoms with van der Waals surface area (Å²) in [5.74, 6) is 0. The predicted molar refractivity (Wildman–Crippen MR) is 95.1 cm³/mol. The SMILES string of the molecule is Cl.NC1(CNS(=O)(=O)c2cccc(-c3ccccc3)c2)CCC1. The lowest BCUT2D eigenvalue weighted by Crippen LogP contribution is -2.54. The molecular formula is C17H21ClN2O2S. The molecule has 0 spiro atoms. The van der Waals surface area contributed by atoms with Crippen LogP contribution >= 0.6 is 12.4 Å². The molecule has 3 rings (SSSR count). The molecule has 1 aliphatic rings. The summed E-state index contributed by atoms with van der Waals surface area (Å²) >= 11 is 0. The van der Waals surface area contributed by atoms with Gasteiger partial charge in [0.1, 0.15) is 0 Å². The van der Waals surface area contributed by atoms with Crippen LogP contribution in [0.15, 0.2) is 59.5 Å². The van der Waals surface area contributed by atoms with Crippen molar-refractivity contribution in [3.63, 3.8) is 0 Å². The quantitative estimate of drug-likeness (QED) is 0.869. The van der Waals surface area contributed by atoms with Crippen molar-refractivity contribution in [2.24, 2.45) is 5.73 Å². The van der Waals surface area contributed by atoms with Gasteiger partial charge in [0.05, 0.1) is 4.90 Å². The Morgan fingerprint density at radius 3 is 2.26 bits per heavy atom. The average Bonchev–Trinajstić information content (AvgIpc) is 2.52. The Kier molecular flexibility index (Phi) is 5.47. The molecule has 2 aromatic rings. The van der Waals surface area contributed by atoms with E-state index in [2.05, 4.69) is 4.72 Å². The van der Waals surface area contributed by atoms with Crippen LogP contribution in [0, 0.1) is 0 Å². The van der Waals surface area contributed by atoms with E-state index in [1.807, 2.05) is 36.4 Å². The second-order valence-electron chi connectivity index (χ2n) is 5.93.